The van der Waals surface area contributed by atoms with E-state index in [0.717, 1.165) is 11.1 Å². The van der Waals surface area contributed by atoms with Crippen molar-refractivity contribution in [1.29, 1.82) is 0 Å². The van der Waals surface area contributed by atoms with Crippen LogP contribution in [-0.4, -0.2) is 48.5 Å². The first-order chi connectivity index (χ1) is 14.7. The molecule has 10 heteroatoms. The Kier molecular flexibility index (Phi) is 11.1. The van der Waals surface area contributed by atoms with Crippen molar-refractivity contribution in [1.82, 2.24) is 10.6 Å². The first kappa shape index (κ1) is 27.8. The number of rotatable bonds is 9. The fourth-order valence-corrected chi connectivity index (χ4v) is 4.12. The Labute approximate surface area is 207 Å². The van der Waals surface area contributed by atoms with Gasteiger partial charge < -0.3 is 24.8 Å². The van der Waals surface area contributed by atoms with E-state index in [1.54, 1.807) is 52.5 Å². The molecule has 0 heterocycles. The molecule has 2 rings (SSSR count). The highest BCUT2D eigenvalue weighted by molar-refractivity contribution is 14.0. The number of ether oxygens (including phenoxy) is 3. The average molecular weight is 577 g/mol. The lowest BCUT2D eigenvalue weighted by Crippen LogP contribution is -2.37. The number of methoxy groups -OCH3 is 3. The second kappa shape index (κ2) is 12.7. The zero-order valence-electron chi connectivity index (χ0n) is 19.3. The number of nitrogens with zero attached hydrogens (tertiary/aromatic N) is 1. The van der Waals surface area contributed by atoms with Crippen LogP contribution in [0, 0.1) is 6.92 Å². The first-order valence-corrected chi connectivity index (χ1v) is 11.7. The molecule has 2 aromatic rings. The van der Waals surface area contributed by atoms with Crippen LogP contribution < -0.4 is 24.8 Å². The van der Waals surface area contributed by atoms with Gasteiger partial charge in [-0.2, -0.15) is 0 Å². The molecule has 0 amide bonds. The SMILES string of the molecule is CCNC(=NCc1ccc(S(C)(=O)=O)c(C)c1)NCc1c(OC)cc(OC)cc1OC.I. The third kappa shape index (κ3) is 7.44. The second-order valence-corrected chi connectivity index (χ2v) is 8.92. The molecule has 0 atom stereocenters. The largest absolute Gasteiger partial charge is 0.496 e. The van der Waals surface area contributed by atoms with Gasteiger partial charge in [-0.25, -0.2) is 13.4 Å². The molecular formula is C22H32IN3O5S. The Morgan fingerprint density at radius 2 is 1.62 bits per heavy atom. The van der Waals surface area contributed by atoms with Gasteiger partial charge in [0, 0.05) is 24.9 Å². The molecular weight excluding hydrogens is 545 g/mol. The predicted octanol–water partition coefficient (Wildman–Crippen LogP) is 3.30. The van der Waals surface area contributed by atoms with Crippen molar-refractivity contribution in [3.05, 3.63) is 47.0 Å². The quantitative estimate of drug-likeness (QED) is 0.268. The van der Waals surface area contributed by atoms with Gasteiger partial charge in [-0.15, -0.1) is 24.0 Å². The van der Waals surface area contributed by atoms with Gasteiger partial charge in [-0.1, -0.05) is 12.1 Å². The summed E-state index contributed by atoms with van der Waals surface area (Å²) >= 11 is 0. The average Bonchev–Trinajstić information content (AvgIpc) is 2.74. The Bertz CT molecular complexity index is 1020. The molecule has 2 aromatic carbocycles. The summed E-state index contributed by atoms with van der Waals surface area (Å²) in [5.74, 6) is 2.55. The van der Waals surface area contributed by atoms with Gasteiger partial charge in [0.1, 0.15) is 17.2 Å². The first-order valence-electron chi connectivity index (χ1n) is 9.84. The summed E-state index contributed by atoms with van der Waals surface area (Å²) in [5, 5.41) is 6.49. The molecule has 0 fully saturated rings. The molecule has 0 aliphatic carbocycles. The van der Waals surface area contributed by atoms with Crippen LogP contribution in [0.25, 0.3) is 0 Å². The molecule has 178 valence electrons. The van der Waals surface area contributed by atoms with Crippen molar-refractivity contribution in [3.63, 3.8) is 0 Å². The molecule has 8 nitrogen and oxygen atoms in total. The maximum absolute atomic E-state index is 11.8. The molecule has 0 saturated heterocycles. The van der Waals surface area contributed by atoms with Gasteiger partial charge in [0.2, 0.25) is 0 Å². The standard InChI is InChI=1S/C22H31N3O5S.HI/c1-7-23-22(24-13-16-8-9-21(15(2)10-16)31(6,26)27)25-14-18-19(29-4)11-17(28-3)12-20(18)30-5;/h8-12H,7,13-14H2,1-6H3,(H2,23,24,25);1H. The van der Waals surface area contributed by atoms with Gasteiger partial charge >= 0.3 is 0 Å². The van der Waals surface area contributed by atoms with Gasteiger partial charge in [0.05, 0.1) is 44.9 Å². The summed E-state index contributed by atoms with van der Waals surface area (Å²) in [6, 6.07) is 8.86. The number of aliphatic imine (C=N–C) groups is 1. The molecule has 0 aliphatic rings. The Hall–Kier alpha value is -2.21. The molecule has 0 aromatic heterocycles. The number of sulfone groups is 1. The van der Waals surface area contributed by atoms with E-state index >= 15 is 0 Å². The summed E-state index contributed by atoms with van der Waals surface area (Å²) in [7, 11) is 1.54. The topological polar surface area (TPSA) is 98.3 Å². The zero-order chi connectivity index (χ0) is 23.0. The minimum Gasteiger partial charge on any atom is -0.496 e. The lowest BCUT2D eigenvalue weighted by molar-refractivity contribution is 0.368. The van der Waals surface area contributed by atoms with E-state index in [-0.39, 0.29) is 24.0 Å². The van der Waals surface area contributed by atoms with Crippen molar-refractivity contribution < 1.29 is 22.6 Å². The van der Waals surface area contributed by atoms with E-state index in [2.05, 4.69) is 15.6 Å². The van der Waals surface area contributed by atoms with E-state index in [0.29, 0.717) is 53.3 Å². The van der Waals surface area contributed by atoms with Crippen molar-refractivity contribution in [2.75, 3.05) is 34.1 Å². The van der Waals surface area contributed by atoms with Crippen molar-refractivity contribution in [2.24, 2.45) is 4.99 Å². The zero-order valence-corrected chi connectivity index (χ0v) is 22.5. The highest BCUT2D eigenvalue weighted by Crippen LogP contribution is 2.33. The molecule has 0 radical (unpaired) electrons. The van der Waals surface area contributed by atoms with Gasteiger partial charge in [-0.05, 0) is 31.0 Å². The predicted molar refractivity (Wildman–Crippen MR) is 137 cm³/mol. The smallest absolute Gasteiger partial charge is 0.191 e. The number of hydrogen-bond donors (Lipinski definition) is 2. The normalized spacial score (nSPS) is 11.4. The van der Waals surface area contributed by atoms with E-state index < -0.39 is 9.84 Å². The van der Waals surface area contributed by atoms with Crippen LogP contribution in [0.1, 0.15) is 23.6 Å². The highest BCUT2D eigenvalue weighted by atomic mass is 127. The molecule has 32 heavy (non-hydrogen) atoms. The summed E-state index contributed by atoms with van der Waals surface area (Å²) in [5.41, 5.74) is 2.47. The Balaban J connectivity index is 0.00000512. The van der Waals surface area contributed by atoms with E-state index in [1.165, 1.54) is 6.26 Å². The third-order valence-electron chi connectivity index (χ3n) is 4.65. The third-order valence-corrected chi connectivity index (χ3v) is 5.91. The highest BCUT2D eigenvalue weighted by Gasteiger charge is 2.14. The van der Waals surface area contributed by atoms with Gasteiger partial charge in [0.25, 0.3) is 0 Å². The van der Waals surface area contributed by atoms with E-state index in [1.807, 2.05) is 13.0 Å². The van der Waals surface area contributed by atoms with Crippen LogP contribution >= 0.6 is 24.0 Å². The maximum atomic E-state index is 11.8. The van der Waals surface area contributed by atoms with E-state index in [4.69, 9.17) is 14.2 Å². The molecule has 0 bridgehead atoms. The number of guanidine groups is 1. The Morgan fingerprint density at radius 3 is 2.09 bits per heavy atom. The van der Waals surface area contributed by atoms with Crippen LogP contribution in [0.3, 0.4) is 0 Å². The van der Waals surface area contributed by atoms with Crippen LogP contribution in [0.15, 0.2) is 40.2 Å². The summed E-state index contributed by atoms with van der Waals surface area (Å²) < 4.78 is 39.9. The summed E-state index contributed by atoms with van der Waals surface area (Å²) in [6.45, 7) is 5.28. The van der Waals surface area contributed by atoms with Crippen LogP contribution in [0.2, 0.25) is 0 Å². The number of aryl methyl sites for hydroxylation is 1. The molecule has 0 saturated carbocycles. The van der Waals surface area contributed by atoms with E-state index in [9.17, 15) is 8.42 Å². The minimum absolute atomic E-state index is 0. The fraction of sp³-hybridized carbons (Fsp3) is 0.409. The molecule has 0 aliphatic heterocycles. The van der Waals surface area contributed by atoms with Crippen molar-refractivity contribution >= 4 is 39.8 Å². The lowest BCUT2D eigenvalue weighted by atomic mass is 10.1. The summed E-state index contributed by atoms with van der Waals surface area (Å²) in [6.07, 6.45) is 1.21. The number of nitrogens with one attached hydrogen (secondary N) is 2. The Morgan fingerprint density at radius 1 is 1.00 bits per heavy atom. The lowest BCUT2D eigenvalue weighted by Gasteiger charge is -2.17. The minimum atomic E-state index is -3.24. The maximum Gasteiger partial charge on any atom is 0.191 e. The molecule has 0 unspecified atom stereocenters. The van der Waals surface area contributed by atoms with Crippen LogP contribution in [0.5, 0.6) is 17.2 Å². The van der Waals surface area contributed by atoms with Crippen LogP contribution in [0.4, 0.5) is 0 Å². The summed E-state index contributed by atoms with van der Waals surface area (Å²) in [4.78, 5) is 4.95. The molecule has 2 N–H and O–H groups in total. The second-order valence-electron chi connectivity index (χ2n) is 6.93. The number of halogens is 1. The number of benzene rings is 2. The van der Waals surface area contributed by atoms with Gasteiger partial charge in [0.15, 0.2) is 15.8 Å². The van der Waals surface area contributed by atoms with Crippen molar-refractivity contribution in [2.45, 2.75) is 31.8 Å². The molecule has 0 spiro atoms. The number of hydrogen-bond acceptors (Lipinski definition) is 6. The monoisotopic (exact) mass is 577 g/mol. The van der Waals surface area contributed by atoms with Crippen LogP contribution in [-0.2, 0) is 22.9 Å². The fourth-order valence-electron chi connectivity index (χ4n) is 3.16. The van der Waals surface area contributed by atoms with Gasteiger partial charge in [-0.3, -0.25) is 0 Å². The van der Waals surface area contributed by atoms with Crippen molar-refractivity contribution in [3.8, 4) is 17.2 Å².